The number of carbonyl (C=O) groups excluding carboxylic acids is 1. The third-order valence-corrected chi connectivity index (χ3v) is 3.45. The van der Waals surface area contributed by atoms with Crippen LogP contribution in [0.3, 0.4) is 0 Å². The maximum atomic E-state index is 12.9. The molecule has 0 bridgehead atoms. The maximum Gasteiger partial charge on any atom is 0.273 e. The fourth-order valence-electron chi connectivity index (χ4n) is 2.11. The van der Waals surface area contributed by atoms with Crippen molar-refractivity contribution in [3.05, 3.63) is 71.2 Å². The summed E-state index contributed by atoms with van der Waals surface area (Å²) in [4.78, 5) is 11.7. The van der Waals surface area contributed by atoms with E-state index in [0.29, 0.717) is 18.1 Å². The van der Waals surface area contributed by atoms with E-state index in [2.05, 4.69) is 10.6 Å². The number of amides is 1. The van der Waals surface area contributed by atoms with E-state index in [-0.39, 0.29) is 16.8 Å². The number of hydrogen-bond donors (Lipinski definition) is 2. The Morgan fingerprint density at radius 2 is 1.83 bits per heavy atom. The Morgan fingerprint density at radius 3 is 2.52 bits per heavy atom. The predicted octanol–water partition coefficient (Wildman–Crippen LogP) is 2.75. The van der Waals surface area contributed by atoms with E-state index in [1.165, 1.54) is 12.1 Å². The lowest BCUT2D eigenvalue weighted by Crippen LogP contribution is -2.21. The van der Waals surface area contributed by atoms with Crippen molar-refractivity contribution in [1.29, 1.82) is 0 Å². The minimum absolute atomic E-state index is 0.275. The zero-order valence-electron chi connectivity index (χ0n) is 12.0. The van der Waals surface area contributed by atoms with Crippen molar-refractivity contribution in [3.63, 3.8) is 0 Å². The third kappa shape index (κ3) is 3.73. The first-order valence-electron chi connectivity index (χ1n) is 6.92. The van der Waals surface area contributed by atoms with E-state index in [0.717, 1.165) is 11.1 Å². The molecule has 2 N–H and O–H groups in total. The summed E-state index contributed by atoms with van der Waals surface area (Å²) in [6, 6.07) is 13.4. The van der Waals surface area contributed by atoms with Gasteiger partial charge in [-0.15, -0.1) is 0 Å². The lowest BCUT2D eigenvalue weighted by atomic mass is 10.1. The Labute approximate surface area is 138 Å². The number of halogens is 1. The predicted molar refractivity (Wildman–Crippen MR) is 89.0 cm³/mol. The fraction of sp³-hybridized carbons (Fsp3) is 0.0588. The highest BCUT2D eigenvalue weighted by molar-refractivity contribution is 7.80. The van der Waals surface area contributed by atoms with Crippen LogP contribution >= 0.6 is 12.2 Å². The molecule has 0 radical (unpaired) electrons. The van der Waals surface area contributed by atoms with Crippen molar-refractivity contribution in [2.24, 2.45) is 0 Å². The zero-order valence-corrected chi connectivity index (χ0v) is 12.8. The Hall–Kier alpha value is -2.73. The van der Waals surface area contributed by atoms with E-state index < -0.39 is 0 Å². The number of benzene rings is 2. The van der Waals surface area contributed by atoms with Gasteiger partial charge in [-0.05, 0) is 42.1 Å². The number of thiocarbonyl (C=S) groups is 1. The summed E-state index contributed by atoms with van der Waals surface area (Å²) in [5, 5.41) is 5.58. The minimum Gasteiger partial charge on any atom is -0.488 e. The van der Waals surface area contributed by atoms with Crippen LogP contribution in [0.5, 0.6) is 5.75 Å². The lowest BCUT2D eigenvalue weighted by Gasteiger charge is -2.09. The highest BCUT2D eigenvalue weighted by Gasteiger charge is 2.20. The molecule has 6 heteroatoms. The van der Waals surface area contributed by atoms with Crippen LogP contribution in [0.1, 0.15) is 11.1 Å². The second kappa shape index (κ2) is 6.58. The molecule has 0 aromatic heterocycles. The number of carbonyl (C=O) groups is 1. The SMILES string of the molecule is O=C1NC(=S)N/C1=C/c1ccccc1OCc1ccc(F)cc1. The van der Waals surface area contributed by atoms with E-state index in [1.54, 1.807) is 24.3 Å². The van der Waals surface area contributed by atoms with Gasteiger partial charge in [0.15, 0.2) is 5.11 Å². The standard InChI is InChI=1S/C17H13FN2O2S/c18-13-7-5-11(6-8-13)10-22-15-4-2-1-3-12(15)9-14-16(21)20-17(23)19-14/h1-9H,10H2,(H2,19,20,21,23)/b14-9+. The Morgan fingerprint density at radius 1 is 1.09 bits per heavy atom. The summed E-state index contributed by atoms with van der Waals surface area (Å²) in [6.45, 7) is 0.304. The van der Waals surface area contributed by atoms with Gasteiger partial charge in [-0.25, -0.2) is 4.39 Å². The molecule has 0 atom stereocenters. The van der Waals surface area contributed by atoms with Crippen LogP contribution in [0.4, 0.5) is 4.39 Å². The maximum absolute atomic E-state index is 12.9. The van der Waals surface area contributed by atoms with Crippen LogP contribution in [-0.4, -0.2) is 11.0 Å². The van der Waals surface area contributed by atoms with Gasteiger partial charge in [-0.1, -0.05) is 30.3 Å². The average molecular weight is 328 g/mol. The second-order valence-corrected chi connectivity index (χ2v) is 5.33. The van der Waals surface area contributed by atoms with Gasteiger partial charge in [-0.3, -0.25) is 10.1 Å². The van der Waals surface area contributed by atoms with Gasteiger partial charge >= 0.3 is 0 Å². The first kappa shape index (κ1) is 15.2. The lowest BCUT2D eigenvalue weighted by molar-refractivity contribution is -0.115. The first-order valence-corrected chi connectivity index (χ1v) is 7.33. The average Bonchev–Trinajstić information content (AvgIpc) is 2.86. The summed E-state index contributed by atoms with van der Waals surface area (Å²) in [5.41, 5.74) is 1.97. The minimum atomic E-state index is -0.284. The second-order valence-electron chi connectivity index (χ2n) is 4.92. The number of hydrogen-bond acceptors (Lipinski definition) is 3. The highest BCUT2D eigenvalue weighted by atomic mass is 32.1. The molecule has 1 amide bonds. The molecule has 1 fully saturated rings. The summed E-state index contributed by atoms with van der Waals surface area (Å²) in [7, 11) is 0. The molecule has 1 heterocycles. The van der Waals surface area contributed by atoms with Gasteiger partial charge in [0.25, 0.3) is 5.91 Å². The van der Waals surface area contributed by atoms with Crippen molar-refractivity contribution < 1.29 is 13.9 Å². The van der Waals surface area contributed by atoms with Crippen molar-refractivity contribution in [1.82, 2.24) is 10.6 Å². The van der Waals surface area contributed by atoms with Crippen LogP contribution in [0.15, 0.2) is 54.2 Å². The van der Waals surface area contributed by atoms with Gasteiger partial charge in [-0.2, -0.15) is 0 Å². The molecule has 23 heavy (non-hydrogen) atoms. The molecule has 116 valence electrons. The monoisotopic (exact) mass is 328 g/mol. The number of para-hydroxylation sites is 1. The molecule has 3 rings (SSSR count). The van der Waals surface area contributed by atoms with Gasteiger partial charge in [0, 0.05) is 5.56 Å². The quantitative estimate of drug-likeness (QED) is 0.669. The number of ether oxygens (including phenoxy) is 1. The van der Waals surface area contributed by atoms with Gasteiger partial charge < -0.3 is 10.1 Å². The summed E-state index contributed by atoms with van der Waals surface area (Å²) < 4.78 is 18.7. The highest BCUT2D eigenvalue weighted by Crippen LogP contribution is 2.22. The fourth-order valence-corrected chi connectivity index (χ4v) is 2.31. The summed E-state index contributed by atoms with van der Waals surface area (Å²) >= 11 is 4.90. The van der Waals surface area contributed by atoms with Gasteiger partial charge in [0.05, 0.1) is 0 Å². The van der Waals surface area contributed by atoms with Crippen LogP contribution in [0.2, 0.25) is 0 Å². The molecule has 0 saturated carbocycles. The molecule has 0 unspecified atom stereocenters. The molecule has 0 spiro atoms. The van der Waals surface area contributed by atoms with E-state index in [9.17, 15) is 9.18 Å². The van der Waals surface area contributed by atoms with Crippen molar-refractivity contribution in [2.45, 2.75) is 6.61 Å². The molecular weight excluding hydrogens is 315 g/mol. The molecule has 1 aliphatic heterocycles. The van der Waals surface area contributed by atoms with Gasteiger partial charge in [0.2, 0.25) is 0 Å². The van der Waals surface area contributed by atoms with Gasteiger partial charge in [0.1, 0.15) is 23.9 Å². The Balaban J connectivity index is 1.78. The van der Waals surface area contributed by atoms with Crippen LogP contribution in [0, 0.1) is 5.82 Å². The largest absolute Gasteiger partial charge is 0.488 e. The van der Waals surface area contributed by atoms with Crippen LogP contribution in [0.25, 0.3) is 6.08 Å². The molecule has 2 aromatic carbocycles. The van der Waals surface area contributed by atoms with E-state index in [4.69, 9.17) is 17.0 Å². The zero-order chi connectivity index (χ0) is 16.2. The topological polar surface area (TPSA) is 50.4 Å². The number of nitrogens with one attached hydrogen (secondary N) is 2. The van der Waals surface area contributed by atoms with E-state index >= 15 is 0 Å². The number of rotatable bonds is 4. The molecular formula is C17H13FN2O2S. The smallest absolute Gasteiger partial charge is 0.273 e. The van der Waals surface area contributed by atoms with E-state index in [1.807, 2.05) is 18.2 Å². The summed E-state index contributed by atoms with van der Waals surface area (Å²) in [6.07, 6.45) is 1.68. The van der Waals surface area contributed by atoms with Crippen molar-refractivity contribution >= 4 is 29.3 Å². The Kier molecular flexibility index (Phi) is 4.34. The van der Waals surface area contributed by atoms with Crippen LogP contribution in [-0.2, 0) is 11.4 Å². The molecule has 2 aromatic rings. The first-order chi connectivity index (χ1) is 11.1. The molecule has 1 saturated heterocycles. The van der Waals surface area contributed by atoms with Crippen molar-refractivity contribution in [2.75, 3.05) is 0 Å². The molecule has 4 nitrogen and oxygen atoms in total. The molecule has 0 aliphatic carbocycles. The molecule has 1 aliphatic rings. The third-order valence-electron chi connectivity index (χ3n) is 3.25. The van der Waals surface area contributed by atoms with Crippen molar-refractivity contribution in [3.8, 4) is 5.75 Å². The summed E-state index contributed by atoms with van der Waals surface area (Å²) in [5.74, 6) is 0.0632. The Bertz CT molecular complexity index is 787. The van der Waals surface area contributed by atoms with Crippen LogP contribution < -0.4 is 15.4 Å². The normalized spacial score (nSPS) is 15.4.